The van der Waals surface area contributed by atoms with Gasteiger partial charge >= 0.3 is 0 Å². The van der Waals surface area contributed by atoms with Crippen LogP contribution in [-0.2, 0) is 13.0 Å². The first kappa shape index (κ1) is 20.4. The fraction of sp³-hybridized carbons (Fsp3) is 0.125. The molecule has 0 aliphatic heterocycles. The number of anilines is 1. The van der Waals surface area contributed by atoms with Crippen LogP contribution in [0.15, 0.2) is 85.8 Å². The van der Waals surface area contributed by atoms with E-state index >= 15 is 0 Å². The Morgan fingerprint density at radius 3 is 2.79 bits per heavy atom. The summed E-state index contributed by atoms with van der Waals surface area (Å²) in [6.45, 7) is 1.02. The molecule has 0 aliphatic rings. The van der Waals surface area contributed by atoms with Crippen LogP contribution in [0.1, 0.15) is 21.9 Å². The zero-order valence-electron chi connectivity index (χ0n) is 17.8. The SMILES string of the molecule is O=C(NCCc1ccccn1)c1cn(-c2nc(CNc3cccnc3)c3ccccn23)cn1. The van der Waals surface area contributed by atoms with Crippen molar-refractivity contribution in [3.8, 4) is 5.95 Å². The number of imidazole rings is 2. The number of rotatable bonds is 8. The van der Waals surface area contributed by atoms with Crippen LogP contribution in [0.4, 0.5) is 5.69 Å². The van der Waals surface area contributed by atoms with E-state index in [0.717, 1.165) is 22.6 Å². The third-order valence-electron chi connectivity index (χ3n) is 5.17. The molecule has 0 aliphatic carbocycles. The van der Waals surface area contributed by atoms with Crippen LogP contribution in [-0.4, -0.2) is 41.4 Å². The maximum atomic E-state index is 12.6. The van der Waals surface area contributed by atoms with Gasteiger partial charge in [0.1, 0.15) is 12.0 Å². The summed E-state index contributed by atoms with van der Waals surface area (Å²) in [5.41, 5.74) is 4.03. The first-order chi connectivity index (χ1) is 16.3. The van der Waals surface area contributed by atoms with E-state index in [4.69, 9.17) is 4.98 Å². The molecule has 0 saturated carbocycles. The van der Waals surface area contributed by atoms with Crippen molar-refractivity contribution in [2.45, 2.75) is 13.0 Å². The summed E-state index contributed by atoms with van der Waals surface area (Å²) in [6.07, 6.45) is 11.1. The fourth-order valence-electron chi connectivity index (χ4n) is 3.54. The second kappa shape index (κ2) is 9.31. The van der Waals surface area contributed by atoms with E-state index in [0.29, 0.717) is 31.2 Å². The molecule has 5 aromatic rings. The number of hydrogen-bond acceptors (Lipinski definition) is 6. The second-order valence-electron chi connectivity index (χ2n) is 7.40. The zero-order chi connectivity index (χ0) is 22.5. The van der Waals surface area contributed by atoms with Gasteiger partial charge in [0.2, 0.25) is 5.95 Å². The van der Waals surface area contributed by atoms with Gasteiger partial charge < -0.3 is 10.6 Å². The number of pyridine rings is 3. The van der Waals surface area contributed by atoms with Crippen molar-refractivity contribution in [3.63, 3.8) is 0 Å². The first-order valence-corrected chi connectivity index (χ1v) is 10.6. The fourth-order valence-corrected chi connectivity index (χ4v) is 3.54. The Hall–Kier alpha value is -4.53. The number of hydrogen-bond donors (Lipinski definition) is 2. The summed E-state index contributed by atoms with van der Waals surface area (Å²) in [4.78, 5) is 30.1. The summed E-state index contributed by atoms with van der Waals surface area (Å²) in [6, 6.07) is 15.5. The Labute approximate surface area is 190 Å². The van der Waals surface area contributed by atoms with Crippen molar-refractivity contribution in [2.24, 2.45) is 0 Å². The number of fused-ring (bicyclic) bond motifs is 1. The van der Waals surface area contributed by atoms with E-state index in [2.05, 4.69) is 25.6 Å². The predicted molar refractivity (Wildman–Crippen MR) is 124 cm³/mol. The largest absolute Gasteiger partial charge is 0.378 e. The summed E-state index contributed by atoms with van der Waals surface area (Å²) in [7, 11) is 0. The van der Waals surface area contributed by atoms with Crippen molar-refractivity contribution in [2.75, 3.05) is 11.9 Å². The van der Waals surface area contributed by atoms with E-state index in [1.54, 1.807) is 35.7 Å². The van der Waals surface area contributed by atoms with E-state index in [1.165, 1.54) is 0 Å². The third-order valence-corrected chi connectivity index (χ3v) is 5.17. The molecule has 0 fully saturated rings. The molecule has 33 heavy (non-hydrogen) atoms. The zero-order valence-corrected chi connectivity index (χ0v) is 17.8. The molecule has 2 N–H and O–H groups in total. The van der Waals surface area contributed by atoms with Gasteiger partial charge in [-0.25, -0.2) is 9.97 Å². The van der Waals surface area contributed by atoms with Gasteiger partial charge in [-0.15, -0.1) is 0 Å². The van der Waals surface area contributed by atoms with Gasteiger partial charge in [-0.1, -0.05) is 12.1 Å². The van der Waals surface area contributed by atoms with Crippen LogP contribution >= 0.6 is 0 Å². The van der Waals surface area contributed by atoms with E-state index in [9.17, 15) is 4.79 Å². The molecular weight excluding hydrogens is 416 g/mol. The van der Waals surface area contributed by atoms with Gasteiger partial charge in [0.15, 0.2) is 0 Å². The summed E-state index contributed by atoms with van der Waals surface area (Å²) < 4.78 is 3.74. The van der Waals surface area contributed by atoms with Gasteiger partial charge in [0.05, 0.1) is 23.4 Å². The summed E-state index contributed by atoms with van der Waals surface area (Å²) in [5.74, 6) is 0.428. The number of nitrogens with zero attached hydrogens (tertiary/aromatic N) is 6. The number of amides is 1. The summed E-state index contributed by atoms with van der Waals surface area (Å²) >= 11 is 0. The Morgan fingerprint density at radius 2 is 1.94 bits per heavy atom. The normalized spacial score (nSPS) is 10.9. The Morgan fingerprint density at radius 1 is 1.00 bits per heavy atom. The molecule has 0 bridgehead atoms. The third kappa shape index (κ3) is 4.57. The lowest BCUT2D eigenvalue weighted by Crippen LogP contribution is -2.26. The van der Waals surface area contributed by atoms with E-state index < -0.39 is 0 Å². The van der Waals surface area contributed by atoms with E-state index in [-0.39, 0.29) is 5.91 Å². The maximum Gasteiger partial charge on any atom is 0.271 e. The number of nitrogens with one attached hydrogen (secondary N) is 2. The lowest BCUT2D eigenvalue weighted by molar-refractivity contribution is 0.0949. The Kier molecular flexibility index (Phi) is 5.75. The quantitative estimate of drug-likeness (QED) is 0.386. The van der Waals surface area contributed by atoms with Crippen molar-refractivity contribution >= 4 is 17.1 Å². The molecule has 5 rings (SSSR count). The monoisotopic (exact) mass is 438 g/mol. The van der Waals surface area contributed by atoms with Gasteiger partial charge in [-0.05, 0) is 36.4 Å². The maximum absolute atomic E-state index is 12.6. The second-order valence-corrected chi connectivity index (χ2v) is 7.40. The minimum absolute atomic E-state index is 0.232. The summed E-state index contributed by atoms with van der Waals surface area (Å²) in [5, 5.41) is 6.24. The van der Waals surface area contributed by atoms with Crippen LogP contribution in [0.25, 0.3) is 11.5 Å². The molecule has 0 aromatic carbocycles. The predicted octanol–water partition coefficient (Wildman–Crippen LogP) is 2.89. The standard InChI is InChI=1S/C24H22N8O/c33-23(27-12-9-18-6-1-3-11-26-18)21-16-31(17-29-21)24-30-20(22-8-2-4-13-32(22)24)15-28-19-7-5-10-25-14-19/h1-8,10-11,13-14,16-17,28H,9,12,15H2,(H,27,33). The van der Waals surface area contributed by atoms with Crippen LogP contribution in [0, 0.1) is 0 Å². The average molecular weight is 438 g/mol. The van der Waals surface area contributed by atoms with Gasteiger partial charge in [0, 0.05) is 49.6 Å². The molecule has 9 heteroatoms. The average Bonchev–Trinajstić information content (AvgIpc) is 3.49. The topological polar surface area (TPSA) is 102 Å². The lowest BCUT2D eigenvalue weighted by Gasteiger charge is -2.03. The molecule has 5 aromatic heterocycles. The molecule has 1 amide bonds. The molecular formula is C24H22N8O. The van der Waals surface area contributed by atoms with Crippen molar-refractivity contribution in [1.29, 1.82) is 0 Å². The molecule has 5 heterocycles. The van der Waals surface area contributed by atoms with Gasteiger partial charge in [0.25, 0.3) is 5.91 Å². The van der Waals surface area contributed by atoms with Crippen LogP contribution in [0.3, 0.4) is 0 Å². The molecule has 164 valence electrons. The van der Waals surface area contributed by atoms with Crippen molar-refractivity contribution in [3.05, 3.63) is 103 Å². The smallest absolute Gasteiger partial charge is 0.271 e. The van der Waals surface area contributed by atoms with Gasteiger partial charge in [-0.2, -0.15) is 0 Å². The lowest BCUT2D eigenvalue weighted by atomic mass is 10.2. The minimum atomic E-state index is -0.232. The Bertz CT molecular complexity index is 1360. The molecule has 0 atom stereocenters. The van der Waals surface area contributed by atoms with Crippen LogP contribution in [0.5, 0.6) is 0 Å². The van der Waals surface area contributed by atoms with E-state index in [1.807, 2.05) is 59.1 Å². The number of aromatic nitrogens is 6. The number of carbonyl (C=O) groups is 1. The highest BCUT2D eigenvalue weighted by Gasteiger charge is 2.15. The Balaban J connectivity index is 1.31. The van der Waals surface area contributed by atoms with Crippen molar-refractivity contribution in [1.82, 2.24) is 34.2 Å². The first-order valence-electron chi connectivity index (χ1n) is 10.6. The molecule has 0 radical (unpaired) electrons. The highest BCUT2D eigenvalue weighted by molar-refractivity contribution is 5.92. The van der Waals surface area contributed by atoms with Gasteiger partial charge in [-0.3, -0.25) is 23.7 Å². The highest BCUT2D eigenvalue weighted by Crippen LogP contribution is 2.18. The molecule has 0 unspecified atom stereocenters. The molecule has 0 saturated heterocycles. The highest BCUT2D eigenvalue weighted by atomic mass is 16.1. The van der Waals surface area contributed by atoms with Crippen LogP contribution in [0.2, 0.25) is 0 Å². The minimum Gasteiger partial charge on any atom is -0.378 e. The number of carbonyl (C=O) groups excluding carboxylic acids is 1. The van der Waals surface area contributed by atoms with Crippen molar-refractivity contribution < 1.29 is 4.79 Å². The molecule has 0 spiro atoms. The molecule has 9 nitrogen and oxygen atoms in total. The van der Waals surface area contributed by atoms with Crippen LogP contribution < -0.4 is 10.6 Å².